The highest BCUT2D eigenvalue weighted by atomic mass is 32.1. The third-order valence-corrected chi connectivity index (χ3v) is 4.34. The van der Waals surface area contributed by atoms with E-state index in [2.05, 4.69) is 5.32 Å². The molecule has 0 saturated heterocycles. The van der Waals surface area contributed by atoms with E-state index in [-0.39, 0.29) is 18.6 Å². The van der Waals surface area contributed by atoms with E-state index in [4.69, 9.17) is 4.74 Å². The first-order valence-electron chi connectivity index (χ1n) is 7.04. The Bertz CT molecular complexity index is 665. The summed E-state index contributed by atoms with van der Waals surface area (Å²) in [6, 6.07) is 9.28. The lowest BCUT2D eigenvalue weighted by molar-refractivity contribution is -0.124. The van der Waals surface area contributed by atoms with Crippen molar-refractivity contribution < 1.29 is 14.3 Å². The van der Waals surface area contributed by atoms with Crippen molar-refractivity contribution in [2.75, 3.05) is 6.61 Å². The number of rotatable bonds is 5. The zero-order valence-electron chi connectivity index (χ0n) is 12.9. The lowest BCUT2D eigenvalue weighted by atomic mass is 10.1. The molecule has 0 fully saturated rings. The molecule has 1 N–H and O–H groups in total. The molecule has 2 rings (SSSR count). The third kappa shape index (κ3) is 4.18. The predicted octanol–water partition coefficient (Wildman–Crippen LogP) is 3.40. The number of aryl methyl sites for hydroxylation is 2. The van der Waals surface area contributed by atoms with Gasteiger partial charge in [-0.2, -0.15) is 0 Å². The number of thiophene rings is 1. The lowest BCUT2D eigenvalue weighted by Gasteiger charge is -2.12. The van der Waals surface area contributed by atoms with Crippen molar-refractivity contribution in [3.8, 4) is 0 Å². The first kappa shape index (κ1) is 16.2. The topological polar surface area (TPSA) is 55.4 Å². The standard InChI is InChI=1S/C17H19NO3S/c1-11-6-7-14(12(2)9-11)17(20)21-10-16(19)18-13(3)15-5-4-8-22-15/h4-9,13H,10H2,1-3H3,(H,18,19)/t13-/m1/s1. The van der Waals surface area contributed by atoms with Gasteiger partial charge in [-0.3, -0.25) is 4.79 Å². The Morgan fingerprint density at radius 2 is 2.05 bits per heavy atom. The van der Waals surface area contributed by atoms with Crippen molar-refractivity contribution >= 4 is 23.2 Å². The van der Waals surface area contributed by atoms with E-state index in [1.165, 1.54) is 0 Å². The number of hydrogen-bond acceptors (Lipinski definition) is 4. The highest BCUT2D eigenvalue weighted by Crippen LogP contribution is 2.18. The van der Waals surface area contributed by atoms with Crippen molar-refractivity contribution in [1.29, 1.82) is 0 Å². The van der Waals surface area contributed by atoms with E-state index in [9.17, 15) is 9.59 Å². The van der Waals surface area contributed by atoms with Crippen LogP contribution in [-0.2, 0) is 9.53 Å². The average Bonchev–Trinajstić information content (AvgIpc) is 2.99. The number of carbonyl (C=O) groups is 2. The molecule has 116 valence electrons. The molecule has 1 amide bonds. The van der Waals surface area contributed by atoms with Crippen LogP contribution in [0.3, 0.4) is 0 Å². The van der Waals surface area contributed by atoms with Crippen molar-refractivity contribution in [3.05, 3.63) is 57.3 Å². The first-order chi connectivity index (χ1) is 10.5. The third-order valence-electron chi connectivity index (χ3n) is 3.28. The van der Waals surface area contributed by atoms with Crippen LogP contribution in [0.5, 0.6) is 0 Å². The molecule has 5 heteroatoms. The summed E-state index contributed by atoms with van der Waals surface area (Å²) in [5, 5.41) is 4.76. The molecule has 0 spiro atoms. The van der Waals surface area contributed by atoms with Crippen LogP contribution in [0.25, 0.3) is 0 Å². The van der Waals surface area contributed by atoms with Gasteiger partial charge in [0.2, 0.25) is 0 Å². The van der Waals surface area contributed by atoms with Gasteiger partial charge >= 0.3 is 5.97 Å². The van der Waals surface area contributed by atoms with E-state index < -0.39 is 5.97 Å². The zero-order valence-corrected chi connectivity index (χ0v) is 13.7. The lowest BCUT2D eigenvalue weighted by Crippen LogP contribution is -2.30. The molecule has 0 aliphatic heterocycles. The Morgan fingerprint density at radius 3 is 2.68 bits per heavy atom. The summed E-state index contributed by atoms with van der Waals surface area (Å²) >= 11 is 1.58. The van der Waals surface area contributed by atoms with Gasteiger partial charge in [0.25, 0.3) is 5.91 Å². The molecule has 0 bridgehead atoms. The average molecular weight is 317 g/mol. The number of nitrogens with one attached hydrogen (secondary N) is 1. The second-order valence-electron chi connectivity index (χ2n) is 5.20. The smallest absolute Gasteiger partial charge is 0.338 e. The van der Waals surface area contributed by atoms with Gasteiger partial charge in [-0.25, -0.2) is 4.79 Å². The van der Waals surface area contributed by atoms with Crippen LogP contribution in [0.2, 0.25) is 0 Å². The molecule has 2 aromatic rings. The summed E-state index contributed by atoms with van der Waals surface area (Å²) in [6.07, 6.45) is 0. The van der Waals surface area contributed by atoms with Crippen LogP contribution in [0, 0.1) is 13.8 Å². The summed E-state index contributed by atoms with van der Waals surface area (Å²) in [4.78, 5) is 24.9. The summed E-state index contributed by atoms with van der Waals surface area (Å²) < 4.78 is 5.08. The van der Waals surface area contributed by atoms with E-state index in [0.717, 1.165) is 16.0 Å². The van der Waals surface area contributed by atoms with Crippen LogP contribution in [-0.4, -0.2) is 18.5 Å². The van der Waals surface area contributed by atoms with Gasteiger partial charge in [-0.15, -0.1) is 11.3 Å². The highest BCUT2D eigenvalue weighted by molar-refractivity contribution is 7.10. The van der Waals surface area contributed by atoms with Gasteiger partial charge in [0.15, 0.2) is 6.61 Å². The largest absolute Gasteiger partial charge is 0.452 e. The molecule has 1 aromatic heterocycles. The molecule has 22 heavy (non-hydrogen) atoms. The van der Waals surface area contributed by atoms with Crippen LogP contribution in [0.15, 0.2) is 35.7 Å². The maximum absolute atomic E-state index is 12.0. The van der Waals surface area contributed by atoms with Gasteiger partial charge in [0.05, 0.1) is 11.6 Å². The monoisotopic (exact) mass is 317 g/mol. The summed E-state index contributed by atoms with van der Waals surface area (Å²) in [5.74, 6) is -0.782. The van der Waals surface area contributed by atoms with Crippen molar-refractivity contribution in [2.45, 2.75) is 26.8 Å². The van der Waals surface area contributed by atoms with Crippen molar-refractivity contribution in [2.24, 2.45) is 0 Å². The molecule has 0 unspecified atom stereocenters. The molecular weight excluding hydrogens is 298 g/mol. The van der Waals surface area contributed by atoms with E-state index in [1.807, 2.05) is 50.4 Å². The van der Waals surface area contributed by atoms with Crippen LogP contribution in [0.1, 0.15) is 39.3 Å². The minimum Gasteiger partial charge on any atom is -0.452 e. The molecule has 0 aliphatic rings. The van der Waals surface area contributed by atoms with Gasteiger partial charge in [0, 0.05) is 4.88 Å². The maximum Gasteiger partial charge on any atom is 0.338 e. The normalized spacial score (nSPS) is 11.8. The Balaban J connectivity index is 1.86. The molecule has 1 aromatic carbocycles. The van der Waals surface area contributed by atoms with Gasteiger partial charge < -0.3 is 10.1 Å². The number of carbonyl (C=O) groups excluding carboxylic acids is 2. The molecular formula is C17H19NO3S. The van der Waals surface area contributed by atoms with E-state index in [0.29, 0.717) is 5.56 Å². The molecule has 0 radical (unpaired) electrons. The fourth-order valence-corrected chi connectivity index (χ4v) is 2.88. The minimum absolute atomic E-state index is 0.0905. The quantitative estimate of drug-likeness (QED) is 0.860. The SMILES string of the molecule is Cc1ccc(C(=O)OCC(=O)N[C@H](C)c2cccs2)c(C)c1. The Morgan fingerprint density at radius 1 is 1.27 bits per heavy atom. The van der Waals surface area contributed by atoms with Crippen molar-refractivity contribution in [3.63, 3.8) is 0 Å². The number of hydrogen-bond donors (Lipinski definition) is 1. The fraction of sp³-hybridized carbons (Fsp3) is 0.294. The second-order valence-corrected chi connectivity index (χ2v) is 6.18. The van der Waals surface area contributed by atoms with Gasteiger partial charge in [-0.05, 0) is 43.8 Å². The summed E-state index contributed by atoms with van der Waals surface area (Å²) in [7, 11) is 0. The molecule has 1 atom stereocenters. The fourth-order valence-electron chi connectivity index (χ4n) is 2.14. The highest BCUT2D eigenvalue weighted by Gasteiger charge is 2.14. The van der Waals surface area contributed by atoms with Crippen molar-refractivity contribution in [1.82, 2.24) is 5.32 Å². The van der Waals surface area contributed by atoms with Gasteiger partial charge in [0.1, 0.15) is 0 Å². The second kappa shape index (κ2) is 7.22. The first-order valence-corrected chi connectivity index (χ1v) is 7.92. The number of ether oxygens (including phenoxy) is 1. The number of esters is 1. The summed E-state index contributed by atoms with van der Waals surface area (Å²) in [6.45, 7) is 5.43. The predicted molar refractivity (Wildman–Crippen MR) is 87.1 cm³/mol. The number of benzene rings is 1. The van der Waals surface area contributed by atoms with Gasteiger partial charge in [-0.1, -0.05) is 23.8 Å². The Kier molecular flexibility index (Phi) is 5.33. The summed E-state index contributed by atoms with van der Waals surface area (Å²) in [5.41, 5.74) is 2.42. The molecule has 1 heterocycles. The Labute approximate surface area is 134 Å². The number of amides is 1. The van der Waals surface area contributed by atoms with Crippen LogP contribution < -0.4 is 5.32 Å². The Hall–Kier alpha value is -2.14. The molecule has 4 nitrogen and oxygen atoms in total. The molecule has 0 saturated carbocycles. The van der Waals surface area contributed by atoms with Crippen LogP contribution in [0.4, 0.5) is 0 Å². The van der Waals surface area contributed by atoms with E-state index in [1.54, 1.807) is 17.4 Å². The van der Waals surface area contributed by atoms with E-state index >= 15 is 0 Å². The molecule has 0 aliphatic carbocycles. The minimum atomic E-state index is -0.476. The maximum atomic E-state index is 12.0. The van der Waals surface area contributed by atoms with Crippen LogP contribution >= 0.6 is 11.3 Å². The zero-order chi connectivity index (χ0) is 16.1.